The molecule has 2 rings (SSSR count). The quantitative estimate of drug-likeness (QED) is 0.856. The van der Waals surface area contributed by atoms with E-state index in [1.54, 1.807) is 18.2 Å². The number of rotatable bonds is 5. The molecular formula is C14H13NO4S. The predicted octanol–water partition coefficient (Wildman–Crippen LogP) is 3.11. The van der Waals surface area contributed by atoms with Gasteiger partial charge in [-0.25, -0.2) is 9.78 Å². The van der Waals surface area contributed by atoms with Crippen molar-refractivity contribution in [2.75, 3.05) is 6.61 Å². The standard InChI is InChI=1S/C14H13NO4S/c1-3-19-10-6-4-5-9(7-10)13-15-11(14(17)18)12(20-13)8(2)16/h4-7H,3H2,1-2H3,(H,17,18). The van der Waals surface area contributed by atoms with Crippen molar-refractivity contribution >= 4 is 23.1 Å². The van der Waals surface area contributed by atoms with Crippen LogP contribution in [0.25, 0.3) is 10.6 Å². The van der Waals surface area contributed by atoms with Crippen LogP contribution in [0.3, 0.4) is 0 Å². The summed E-state index contributed by atoms with van der Waals surface area (Å²) in [6, 6.07) is 7.19. The molecule has 20 heavy (non-hydrogen) atoms. The zero-order valence-corrected chi connectivity index (χ0v) is 11.9. The molecule has 1 aromatic heterocycles. The Kier molecular flexibility index (Phi) is 4.14. The van der Waals surface area contributed by atoms with Crippen LogP contribution >= 0.6 is 11.3 Å². The Bertz CT molecular complexity index is 631. The molecule has 0 radical (unpaired) electrons. The van der Waals surface area contributed by atoms with Gasteiger partial charge in [-0.1, -0.05) is 12.1 Å². The van der Waals surface area contributed by atoms with E-state index in [1.165, 1.54) is 6.92 Å². The number of carbonyl (C=O) groups is 2. The largest absolute Gasteiger partial charge is 0.494 e. The van der Waals surface area contributed by atoms with Crippen LogP contribution in [0, 0.1) is 0 Å². The molecule has 1 N–H and O–H groups in total. The number of hydrogen-bond donors (Lipinski definition) is 1. The van der Waals surface area contributed by atoms with Crippen LogP contribution < -0.4 is 4.74 Å². The van der Waals surface area contributed by atoms with E-state index in [0.717, 1.165) is 16.9 Å². The Morgan fingerprint density at radius 1 is 1.40 bits per heavy atom. The van der Waals surface area contributed by atoms with Gasteiger partial charge < -0.3 is 9.84 Å². The molecule has 1 heterocycles. The van der Waals surface area contributed by atoms with Gasteiger partial charge in [-0.05, 0) is 19.1 Å². The van der Waals surface area contributed by atoms with E-state index in [4.69, 9.17) is 9.84 Å². The van der Waals surface area contributed by atoms with Crippen LogP contribution in [-0.2, 0) is 0 Å². The molecule has 0 spiro atoms. The summed E-state index contributed by atoms with van der Waals surface area (Å²) >= 11 is 1.08. The molecule has 2 aromatic rings. The lowest BCUT2D eigenvalue weighted by molar-refractivity contribution is 0.0687. The second kappa shape index (κ2) is 5.83. The van der Waals surface area contributed by atoms with E-state index in [2.05, 4.69) is 4.98 Å². The van der Waals surface area contributed by atoms with Gasteiger partial charge in [0.15, 0.2) is 11.5 Å². The highest BCUT2D eigenvalue weighted by Gasteiger charge is 2.21. The van der Waals surface area contributed by atoms with Gasteiger partial charge in [0.05, 0.1) is 6.61 Å². The minimum Gasteiger partial charge on any atom is -0.494 e. The number of ether oxygens (including phenoxy) is 1. The van der Waals surface area contributed by atoms with E-state index in [0.29, 0.717) is 17.4 Å². The summed E-state index contributed by atoms with van der Waals surface area (Å²) < 4.78 is 5.39. The smallest absolute Gasteiger partial charge is 0.356 e. The lowest BCUT2D eigenvalue weighted by atomic mass is 10.2. The van der Waals surface area contributed by atoms with Crippen LogP contribution in [0.15, 0.2) is 24.3 Å². The minimum atomic E-state index is -1.20. The topological polar surface area (TPSA) is 76.5 Å². The number of carbonyl (C=O) groups excluding carboxylic acids is 1. The maximum absolute atomic E-state index is 11.5. The van der Waals surface area contributed by atoms with Crippen LogP contribution in [0.5, 0.6) is 5.75 Å². The van der Waals surface area contributed by atoms with Gasteiger partial charge in [0.25, 0.3) is 0 Å². The fourth-order valence-corrected chi connectivity index (χ4v) is 2.66. The first-order valence-corrected chi connectivity index (χ1v) is 6.83. The first kappa shape index (κ1) is 14.2. The van der Waals surface area contributed by atoms with Crippen LogP contribution in [-0.4, -0.2) is 28.4 Å². The molecule has 0 saturated heterocycles. The molecule has 0 bridgehead atoms. The average molecular weight is 291 g/mol. The summed E-state index contributed by atoms with van der Waals surface area (Å²) in [5, 5.41) is 9.58. The van der Waals surface area contributed by atoms with Crippen LogP contribution in [0.2, 0.25) is 0 Å². The normalized spacial score (nSPS) is 10.3. The molecule has 0 aliphatic heterocycles. The maximum Gasteiger partial charge on any atom is 0.356 e. The minimum absolute atomic E-state index is 0.161. The van der Waals surface area contributed by atoms with Gasteiger partial charge >= 0.3 is 5.97 Å². The third-order valence-corrected chi connectivity index (χ3v) is 3.75. The monoisotopic (exact) mass is 291 g/mol. The zero-order valence-electron chi connectivity index (χ0n) is 11.0. The highest BCUT2D eigenvalue weighted by atomic mass is 32.1. The first-order valence-electron chi connectivity index (χ1n) is 6.01. The molecule has 0 aliphatic carbocycles. The third kappa shape index (κ3) is 2.85. The van der Waals surface area contributed by atoms with E-state index < -0.39 is 5.97 Å². The molecule has 0 amide bonds. The van der Waals surface area contributed by atoms with Gasteiger partial charge in [0.2, 0.25) is 0 Å². The number of nitrogens with zero attached hydrogens (tertiary/aromatic N) is 1. The van der Waals surface area contributed by atoms with E-state index in [-0.39, 0.29) is 16.4 Å². The summed E-state index contributed by atoms with van der Waals surface area (Å²) in [5.74, 6) is -0.813. The summed E-state index contributed by atoms with van der Waals surface area (Å²) in [4.78, 5) is 26.8. The number of aromatic nitrogens is 1. The summed E-state index contributed by atoms with van der Waals surface area (Å²) in [7, 11) is 0. The Hall–Kier alpha value is -2.21. The van der Waals surface area contributed by atoms with Gasteiger partial charge in [0.1, 0.15) is 15.6 Å². The molecule has 0 unspecified atom stereocenters. The fraction of sp³-hybridized carbons (Fsp3) is 0.214. The summed E-state index contributed by atoms with van der Waals surface area (Å²) in [5.41, 5.74) is 0.537. The van der Waals surface area contributed by atoms with Gasteiger partial charge in [-0.2, -0.15) is 0 Å². The van der Waals surface area contributed by atoms with E-state index in [9.17, 15) is 9.59 Å². The Morgan fingerprint density at radius 2 is 2.15 bits per heavy atom. The Balaban J connectivity index is 2.47. The van der Waals surface area contributed by atoms with E-state index >= 15 is 0 Å². The second-order valence-corrected chi connectivity index (χ2v) is 5.02. The van der Waals surface area contributed by atoms with Crippen molar-refractivity contribution in [2.45, 2.75) is 13.8 Å². The first-order chi connectivity index (χ1) is 9.52. The van der Waals surface area contributed by atoms with E-state index in [1.807, 2.05) is 13.0 Å². The number of thiazole rings is 1. The van der Waals surface area contributed by atoms with Gasteiger partial charge in [0, 0.05) is 12.5 Å². The highest BCUT2D eigenvalue weighted by molar-refractivity contribution is 7.17. The molecule has 0 aliphatic rings. The summed E-state index contributed by atoms with van der Waals surface area (Å²) in [6.07, 6.45) is 0. The fourth-order valence-electron chi connectivity index (χ4n) is 1.71. The molecular weight excluding hydrogens is 278 g/mol. The van der Waals surface area contributed by atoms with Crippen LogP contribution in [0.1, 0.15) is 34.0 Å². The molecule has 0 fully saturated rings. The van der Waals surface area contributed by atoms with Crippen molar-refractivity contribution in [1.82, 2.24) is 4.98 Å². The van der Waals surface area contributed by atoms with Gasteiger partial charge in [-0.15, -0.1) is 11.3 Å². The number of carboxylic acid groups (broad SMARTS) is 1. The predicted molar refractivity (Wildman–Crippen MR) is 75.7 cm³/mol. The Labute approximate surface area is 119 Å². The second-order valence-electron chi connectivity index (χ2n) is 4.02. The number of carboxylic acids is 1. The number of benzene rings is 1. The van der Waals surface area contributed by atoms with Crippen molar-refractivity contribution in [3.8, 4) is 16.3 Å². The van der Waals surface area contributed by atoms with Crippen molar-refractivity contribution in [2.24, 2.45) is 0 Å². The van der Waals surface area contributed by atoms with Crippen LogP contribution in [0.4, 0.5) is 0 Å². The third-order valence-electron chi connectivity index (χ3n) is 2.54. The maximum atomic E-state index is 11.5. The molecule has 5 nitrogen and oxygen atoms in total. The number of hydrogen-bond acceptors (Lipinski definition) is 5. The molecule has 0 saturated carbocycles. The van der Waals surface area contributed by atoms with Crippen molar-refractivity contribution < 1.29 is 19.4 Å². The highest BCUT2D eigenvalue weighted by Crippen LogP contribution is 2.30. The van der Waals surface area contributed by atoms with Crippen molar-refractivity contribution in [3.63, 3.8) is 0 Å². The Morgan fingerprint density at radius 3 is 2.70 bits per heavy atom. The number of ketones is 1. The SMILES string of the molecule is CCOc1cccc(-c2nc(C(=O)O)c(C(C)=O)s2)c1. The lowest BCUT2D eigenvalue weighted by Gasteiger charge is -2.03. The average Bonchev–Trinajstić information content (AvgIpc) is 2.85. The molecule has 104 valence electrons. The molecule has 6 heteroatoms. The summed E-state index contributed by atoms with van der Waals surface area (Å²) in [6.45, 7) is 3.76. The van der Waals surface area contributed by atoms with Gasteiger partial charge in [-0.3, -0.25) is 4.79 Å². The van der Waals surface area contributed by atoms with Crippen molar-refractivity contribution in [3.05, 3.63) is 34.8 Å². The number of aromatic carboxylic acids is 1. The van der Waals surface area contributed by atoms with Crippen molar-refractivity contribution in [1.29, 1.82) is 0 Å². The number of Topliss-reactive ketones (excluding diaryl/α,β-unsaturated/α-hetero) is 1. The molecule has 0 atom stereocenters. The molecule has 1 aromatic carbocycles. The lowest BCUT2D eigenvalue weighted by Crippen LogP contribution is -2.03. The zero-order chi connectivity index (χ0) is 14.7.